The largest absolute Gasteiger partial charge is 0.486 e. The molecule has 13 heavy (non-hydrogen) atoms. The van der Waals surface area contributed by atoms with Crippen LogP contribution in [-0.2, 0) is 0 Å². The molecule has 70 valence electrons. The Kier molecular flexibility index (Phi) is 2.38. The van der Waals surface area contributed by atoms with Gasteiger partial charge in [0.15, 0.2) is 0 Å². The van der Waals surface area contributed by atoms with Gasteiger partial charge in [-0.15, -0.1) is 0 Å². The lowest BCUT2D eigenvalue weighted by Crippen LogP contribution is -2.50. The van der Waals surface area contributed by atoms with Crippen molar-refractivity contribution in [3.8, 4) is 5.75 Å². The quantitative estimate of drug-likeness (QED) is 0.789. The van der Waals surface area contributed by atoms with E-state index in [1.54, 1.807) is 0 Å². The standard InChI is InChI=1S/C9H9ClFNO/c10-8-2-1-6(11)3-9(8)13-7-4-12-5-7/h1-3,7,12H,4-5H2. The first-order valence-corrected chi connectivity index (χ1v) is 4.46. The smallest absolute Gasteiger partial charge is 0.141 e. The van der Waals surface area contributed by atoms with Crippen molar-refractivity contribution >= 4 is 11.6 Å². The summed E-state index contributed by atoms with van der Waals surface area (Å²) < 4.78 is 18.2. The van der Waals surface area contributed by atoms with Gasteiger partial charge in [-0.25, -0.2) is 4.39 Å². The molecule has 2 rings (SSSR count). The molecular weight excluding hydrogens is 193 g/mol. The van der Waals surface area contributed by atoms with Crippen molar-refractivity contribution in [2.75, 3.05) is 13.1 Å². The number of nitrogens with one attached hydrogen (secondary N) is 1. The first-order valence-electron chi connectivity index (χ1n) is 4.08. The molecule has 4 heteroatoms. The fourth-order valence-electron chi connectivity index (χ4n) is 1.09. The Balaban J connectivity index is 2.13. The number of hydrogen-bond acceptors (Lipinski definition) is 2. The minimum Gasteiger partial charge on any atom is -0.486 e. The molecule has 0 spiro atoms. The zero-order valence-electron chi connectivity index (χ0n) is 6.89. The van der Waals surface area contributed by atoms with Crippen LogP contribution in [0.2, 0.25) is 5.02 Å². The van der Waals surface area contributed by atoms with Crippen molar-refractivity contribution in [2.24, 2.45) is 0 Å². The van der Waals surface area contributed by atoms with E-state index in [1.165, 1.54) is 18.2 Å². The normalized spacial score (nSPS) is 16.8. The van der Waals surface area contributed by atoms with E-state index in [9.17, 15) is 4.39 Å². The zero-order chi connectivity index (χ0) is 9.26. The molecule has 1 aromatic rings. The van der Waals surface area contributed by atoms with Crippen LogP contribution in [0.25, 0.3) is 0 Å². The molecule has 1 N–H and O–H groups in total. The number of benzene rings is 1. The molecule has 0 radical (unpaired) electrons. The Bertz CT molecular complexity index is 314. The third-order valence-electron chi connectivity index (χ3n) is 1.93. The third kappa shape index (κ3) is 1.92. The molecule has 1 aliphatic heterocycles. The van der Waals surface area contributed by atoms with Crippen LogP contribution in [0.3, 0.4) is 0 Å². The Morgan fingerprint density at radius 1 is 1.46 bits per heavy atom. The summed E-state index contributed by atoms with van der Waals surface area (Å²) >= 11 is 5.81. The van der Waals surface area contributed by atoms with E-state index in [0.29, 0.717) is 10.8 Å². The Morgan fingerprint density at radius 3 is 2.85 bits per heavy atom. The van der Waals surface area contributed by atoms with Gasteiger partial charge in [0, 0.05) is 19.2 Å². The molecule has 1 aromatic carbocycles. The molecule has 1 heterocycles. The highest BCUT2D eigenvalue weighted by molar-refractivity contribution is 6.32. The summed E-state index contributed by atoms with van der Waals surface area (Å²) in [6.45, 7) is 1.60. The Hall–Kier alpha value is -0.800. The summed E-state index contributed by atoms with van der Waals surface area (Å²) in [4.78, 5) is 0. The number of ether oxygens (including phenoxy) is 1. The van der Waals surface area contributed by atoms with Gasteiger partial charge in [-0.3, -0.25) is 0 Å². The molecule has 1 saturated heterocycles. The second kappa shape index (κ2) is 3.52. The topological polar surface area (TPSA) is 21.3 Å². The average molecular weight is 202 g/mol. The van der Waals surface area contributed by atoms with Crippen molar-refractivity contribution in [3.63, 3.8) is 0 Å². The van der Waals surface area contributed by atoms with Gasteiger partial charge in [-0.05, 0) is 12.1 Å². The van der Waals surface area contributed by atoms with Gasteiger partial charge in [0.2, 0.25) is 0 Å². The van der Waals surface area contributed by atoms with Gasteiger partial charge in [0.1, 0.15) is 17.7 Å². The van der Waals surface area contributed by atoms with Crippen LogP contribution in [0.4, 0.5) is 4.39 Å². The zero-order valence-corrected chi connectivity index (χ0v) is 7.64. The van der Waals surface area contributed by atoms with Gasteiger partial charge in [0.25, 0.3) is 0 Å². The molecule has 0 amide bonds. The van der Waals surface area contributed by atoms with Crippen molar-refractivity contribution in [1.29, 1.82) is 0 Å². The lowest BCUT2D eigenvalue weighted by atomic mass is 10.2. The van der Waals surface area contributed by atoms with E-state index >= 15 is 0 Å². The Labute approximate surface area is 80.7 Å². The van der Waals surface area contributed by atoms with Crippen LogP contribution in [0.1, 0.15) is 0 Å². The van der Waals surface area contributed by atoms with Crippen LogP contribution >= 0.6 is 11.6 Å². The SMILES string of the molecule is Fc1ccc(Cl)c(OC2CNC2)c1. The van der Waals surface area contributed by atoms with Crippen LogP contribution in [-0.4, -0.2) is 19.2 Å². The molecule has 0 bridgehead atoms. The summed E-state index contributed by atoms with van der Waals surface area (Å²) in [5.41, 5.74) is 0. The van der Waals surface area contributed by atoms with Gasteiger partial charge < -0.3 is 10.1 Å². The highest BCUT2D eigenvalue weighted by Gasteiger charge is 2.19. The van der Waals surface area contributed by atoms with E-state index in [0.717, 1.165) is 13.1 Å². The van der Waals surface area contributed by atoms with Gasteiger partial charge >= 0.3 is 0 Å². The predicted molar refractivity (Wildman–Crippen MR) is 48.7 cm³/mol. The average Bonchev–Trinajstić information content (AvgIpc) is 2.03. The second-order valence-electron chi connectivity index (χ2n) is 2.97. The lowest BCUT2D eigenvalue weighted by molar-refractivity contribution is 0.142. The third-order valence-corrected chi connectivity index (χ3v) is 2.24. The fraction of sp³-hybridized carbons (Fsp3) is 0.333. The summed E-state index contributed by atoms with van der Waals surface area (Å²) in [7, 11) is 0. The van der Waals surface area contributed by atoms with Crippen molar-refractivity contribution < 1.29 is 9.13 Å². The molecule has 1 aliphatic rings. The van der Waals surface area contributed by atoms with E-state index in [1.807, 2.05) is 0 Å². The van der Waals surface area contributed by atoms with Crippen LogP contribution < -0.4 is 10.1 Å². The number of rotatable bonds is 2. The van der Waals surface area contributed by atoms with E-state index in [4.69, 9.17) is 16.3 Å². The summed E-state index contributed by atoms with van der Waals surface area (Å²) in [6, 6.07) is 4.12. The van der Waals surface area contributed by atoms with Crippen LogP contribution in [0.5, 0.6) is 5.75 Å². The minimum atomic E-state index is -0.327. The predicted octanol–water partition coefficient (Wildman–Crippen LogP) is 1.83. The van der Waals surface area contributed by atoms with Crippen LogP contribution in [0, 0.1) is 5.82 Å². The van der Waals surface area contributed by atoms with Gasteiger partial charge in [0.05, 0.1) is 5.02 Å². The number of hydrogen-bond donors (Lipinski definition) is 1. The molecule has 1 fully saturated rings. The van der Waals surface area contributed by atoms with Crippen LogP contribution in [0.15, 0.2) is 18.2 Å². The monoisotopic (exact) mass is 201 g/mol. The fourth-order valence-corrected chi connectivity index (χ4v) is 1.25. The van der Waals surface area contributed by atoms with Gasteiger partial charge in [-0.1, -0.05) is 11.6 Å². The molecule has 0 aliphatic carbocycles. The molecule has 0 aromatic heterocycles. The van der Waals surface area contributed by atoms with E-state index in [-0.39, 0.29) is 11.9 Å². The van der Waals surface area contributed by atoms with Gasteiger partial charge in [-0.2, -0.15) is 0 Å². The maximum Gasteiger partial charge on any atom is 0.141 e. The van der Waals surface area contributed by atoms with Crippen molar-refractivity contribution in [2.45, 2.75) is 6.10 Å². The Morgan fingerprint density at radius 2 is 2.23 bits per heavy atom. The van der Waals surface area contributed by atoms with E-state index < -0.39 is 0 Å². The molecule has 2 nitrogen and oxygen atoms in total. The molecular formula is C9H9ClFNO. The van der Waals surface area contributed by atoms with Crippen molar-refractivity contribution in [1.82, 2.24) is 5.32 Å². The second-order valence-corrected chi connectivity index (χ2v) is 3.38. The summed E-state index contributed by atoms with van der Waals surface area (Å²) in [5.74, 6) is 0.0971. The lowest BCUT2D eigenvalue weighted by Gasteiger charge is -2.28. The molecule has 0 saturated carbocycles. The molecule has 0 unspecified atom stereocenters. The van der Waals surface area contributed by atoms with Crippen molar-refractivity contribution in [3.05, 3.63) is 29.0 Å². The molecule has 0 atom stereocenters. The number of halogens is 2. The summed E-state index contributed by atoms with van der Waals surface area (Å²) in [5, 5.41) is 3.51. The highest BCUT2D eigenvalue weighted by Crippen LogP contribution is 2.26. The summed E-state index contributed by atoms with van der Waals surface area (Å²) in [6.07, 6.45) is 0.124. The van der Waals surface area contributed by atoms with E-state index in [2.05, 4.69) is 5.32 Å². The maximum atomic E-state index is 12.8. The maximum absolute atomic E-state index is 12.8. The highest BCUT2D eigenvalue weighted by atomic mass is 35.5. The minimum absolute atomic E-state index is 0.124. The first kappa shape index (κ1) is 8.78. The first-order chi connectivity index (χ1) is 6.25.